The van der Waals surface area contributed by atoms with E-state index in [9.17, 15) is 0 Å². The summed E-state index contributed by atoms with van der Waals surface area (Å²) < 4.78 is 5.79. The van der Waals surface area contributed by atoms with E-state index in [1.165, 1.54) is 5.56 Å². The van der Waals surface area contributed by atoms with Crippen molar-refractivity contribution in [3.05, 3.63) is 84.0 Å². The molecule has 0 aliphatic carbocycles. The SMILES string of the molecule is Clc1nc(-c2ccc(-c3ccccc3)cc2)nc2c1oc1ccccc12. The van der Waals surface area contributed by atoms with Crippen molar-refractivity contribution in [2.45, 2.75) is 0 Å². The molecule has 0 amide bonds. The van der Waals surface area contributed by atoms with Crippen molar-refractivity contribution in [3.63, 3.8) is 0 Å². The summed E-state index contributed by atoms with van der Waals surface area (Å²) in [5.74, 6) is 0.591. The molecule has 5 rings (SSSR count). The average Bonchev–Trinajstić information content (AvgIpc) is 3.08. The molecule has 5 aromatic rings. The zero-order valence-corrected chi connectivity index (χ0v) is 14.4. The topological polar surface area (TPSA) is 38.9 Å². The number of para-hydroxylation sites is 1. The van der Waals surface area contributed by atoms with Crippen molar-refractivity contribution in [2.24, 2.45) is 0 Å². The van der Waals surface area contributed by atoms with Crippen molar-refractivity contribution >= 4 is 33.7 Å². The summed E-state index contributed by atoms with van der Waals surface area (Å²) in [4.78, 5) is 9.14. The molecule has 4 heteroatoms. The number of hydrogen-bond acceptors (Lipinski definition) is 3. The number of rotatable bonds is 2. The van der Waals surface area contributed by atoms with E-state index in [1.807, 2.05) is 54.6 Å². The third kappa shape index (κ3) is 2.45. The molecule has 0 radical (unpaired) electrons. The Morgan fingerprint density at radius 2 is 1.31 bits per heavy atom. The van der Waals surface area contributed by atoms with Crippen LogP contribution in [0.1, 0.15) is 0 Å². The van der Waals surface area contributed by atoms with Crippen molar-refractivity contribution < 1.29 is 4.42 Å². The number of benzene rings is 3. The standard InChI is InChI=1S/C22H13ClN2O/c23-21-20-19(17-8-4-5-9-18(17)26-20)24-22(25-21)16-12-10-15(11-13-16)14-6-2-1-3-7-14/h1-13H. The van der Waals surface area contributed by atoms with E-state index >= 15 is 0 Å². The van der Waals surface area contributed by atoms with Gasteiger partial charge in [0.25, 0.3) is 0 Å². The zero-order chi connectivity index (χ0) is 17.5. The number of furan rings is 1. The fourth-order valence-electron chi connectivity index (χ4n) is 3.13. The molecule has 3 aromatic carbocycles. The van der Waals surface area contributed by atoms with Crippen LogP contribution in [-0.2, 0) is 0 Å². The van der Waals surface area contributed by atoms with Gasteiger partial charge >= 0.3 is 0 Å². The normalized spacial score (nSPS) is 11.3. The van der Waals surface area contributed by atoms with Crippen molar-refractivity contribution in [1.82, 2.24) is 9.97 Å². The van der Waals surface area contributed by atoms with E-state index in [0.717, 1.165) is 27.6 Å². The van der Waals surface area contributed by atoms with E-state index in [-0.39, 0.29) is 0 Å². The van der Waals surface area contributed by atoms with Crippen LogP contribution in [-0.4, -0.2) is 9.97 Å². The van der Waals surface area contributed by atoms with Gasteiger partial charge in [-0.25, -0.2) is 9.97 Å². The molecule has 0 bridgehead atoms. The van der Waals surface area contributed by atoms with Gasteiger partial charge in [-0.05, 0) is 23.3 Å². The second kappa shape index (κ2) is 5.97. The minimum atomic E-state index is 0.327. The summed E-state index contributed by atoms with van der Waals surface area (Å²) in [6.45, 7) is 0. The Kier molecular flexibility index (Phi) is 3.47. The summed E-state index contributed by atoms with van der Waals surface area (Å²) in [5, 5.41) is 1.27. The minimum Gasteiger partial charge on any atom is -0.451 e. The molecular formula is C22H13ClN2O. The molecular weight excluding hydrogens is 344 g/mol. The predicted octanol–water partition coefficient (Wildman–Crippen LogP) is 6.36. The van der Waals surface area contributed by atoms with Gasteiger partial charge in [-0.2, -0.15) is 0 Å². The van der Waals surface area contributed by atoms with Crippen LogP contribution in [0.3, 0.4) is 0 Å². The maximum atomic E-state index is 6.37. The number of halogens is 1. The second-order valence-electron chi connectivity index (χ2n) is 6.06. The van der Waals surface area contributed by atoms with Crippen LogP contribution in [0.5, 0.6) is 0 Å². The maximum Gasteiger partial charge on any atom is 0.191 e. The van der Waals surface area contributed by atoms with Crippen LogP contribution in [0.25, 0.3) is 44.6 Å². The van der Waals surface area contributed by atoms with Gasteiger partial charge in [-0.15, -0.1) is 0 Å². The van der Waals surface area contributed by atoms with Gasteiger partial charge < -0.3 is 4.42 Å². The lowest BCUT2D eigenvalue weighted by Gasteiger charge is -2.04. The van der Waals surface area contributed by atoms with Crippen LogP contribution in [0.15, 0.2) is 83.3 Å². The van der Waals surface area contributed by atoms with Crippen LogP contribution in [0.2, 0.25) is 5.15 Å². The summed E-state index contributed by atoms with van der Waals surface area (Å²) in [5.41, 5.74) is 5.26. The molecule has 0 aliphatic rings. The van der Waals surface area contributed by atoms with Crippen LogP contribution < -0.4 is 0 Å². The zero-order valence-electron chi connectivity index (χ0n) is 13.7. The Balaban J connectivity index is 1.63. The molecule has 3 nitrogen and oxygen atoms in total. The fourth-order valence-corrected chi connectivity index (χ4v) is 3.34. The van der Waals surface area contributed by atoms with Gasteiger partial charge in [-0.3, -0.25) is 0 Å². The van der Waals surface area contributed by atoms with E-state index in [4.69, 9.17) is 21.0 Å². The molecule has 0 spiro atoms. The summed E-state index contributed by atoms with van der Waals surface area (Å²) >= 11 is 6.37. The Morgan fingerprint density at radius 1 is 0.654 bits per heavy atom. The van der Waals surface area contributed by atoms with Gasteiger partial charge in [0.05, 0.1) is 0 Å². The first-order chi connectivity index (χ1) is 12.8. The third-order valence-electron chi connectivity index (χ3n) is 4.43. The quantitative estimate of drug-likeness (QED) is 0.345. The summed E-state index contributed by atoms with van der Waals surface area (Å²) in [6, 6.07) is 26.2. The first-order valence-electron chi connectivity index (χ1n) is 8.30. The van der Waals surface area contributed by atoms with Gasteiger partial charge in [-0.1, -0.05) is 78.3 Å². The number of nitrogens with zero attached hydrogens (tertiary/aromatic N) is 2. The second-order valence-corrected chi connectivity index (χ2v) is 6.42. The molecule has 0 fully saturated rings. The highest BCUT2D eigenvalue weighted by Crippen LogP contribution is 2.33. The van der Waals surface area contributed by atoms with Gasteiger partial charge in [0.1, 0.15) is 11.1 Å². The summed E-state index contributed by atoms with van der Waals surface area (Å²) in [6.07, 6.45) is 0. The highest BCUT2D eigenvalue weighted by Gasteiger charge is 2.15. The highest BCUT2D eigenvalue weighted by atomic mass is 35.5. The van der Waals surface area contributed by atoms with Gasteiger partial charge in [0.15, 0.2) is 16.6 Å². The van der Waals surface area contributed by atoms with Crippen molar-refractivity contribution in [1.29, 1.82) is 0 Å². The Bertz CT molecular complexity index is 1230. The fraction of sp³-hybridized carbons (Fsp3) is 0. The van der Waals surface area contributed by atoms with Crippen LogP contribution in [0.4, 0.5) is 0 Å². The van der Waals surface area contributed by atoms with Crippen molar-refractivity contribution in [2.75, 3.05) is 0 Å². The lowest BCUT2D eigenvalue weighted by molar-refractivity contribution is 0.666. The van der Waals surface area contributed by atoms with Gasteiger partial charge in [0.2, 0.25) is 0 Å². The molecule has 2 aromatic heterocycles. The Hall–Kier alpha value is -3.17. The van der Waals surface area contributed by atoms with E-state index < -0.39 is 0 Å². The molecule has 26 heavy (non-hydrogen) atoms. The van der Waals surface area contributed by atoms with Crippen molar-refractivity contribution in [3.8, 4) is 22.5 Å². The monoisotopic (exact) mass is 356 g/mol. The summed E-state index contributed by atoms with van der Waals surface area (Å²) in [7, 11) is 0. The molecule has 0 saturated heterocycles. The Morgan fingerprint density at radius 3 is 2.12 bits per heavy atom. The molecule has 124 valence electrons. The van der Waals surface area contributed by atoms with E-state index in [0.29, 0.717) is 16.6 Å². The van der Waals surface area contributed by atoms with Crippen LogP contribution >= 0.6 is 11.6 Å². The molecule has 0 N–H and O–H groups in total. The average molecular weight is 357 g/mol. The van der Waals surface area contributed by atoms with E-state index in [1.54, 1.807) is 0 Å². The number of aromatic nitrogens is 2. The lowest BCUT2D eigenvalue weighted by Crippen LogP contribution is -1.90. The van der Waals surface area contributed by atoms with E-state index in [2.05, 4.69) is 29.2 Å². The Labute approximate surface area is 154 Å². The molecule has 0 saturated carbocycles. The first kappa shape index (κ1) is 15.1. The minimum absolute atomic E-state index is 0.327. The molecule has 0 atom stereocenters. The highest BCUT2D eigenvalue weighted by molar-refractivity contribution is 6.34. The molecule has 2 heterocycles. The third-order valence-corrected chi connectivity index (χ3v) is 4.68. The number of fused-ring (bicyclic) bond motifs is 3. The number of hydrogen-bond donors (Lipinski definition) is 0. The largest absolute Gasteiger partial charge is 0.451 e. The van der Waals surface area contributed by atoms with Gasteiger partial charge in [0, 0.05) is 10.9 Å². The molecule has 0 aliphatic heterocycles. The lowest BCUT2D eigenvalue weighted by atomic mass is 10.0. The smallest absolute Gasteiger partial charge is 0.191 e. The maximum absolute atomic E-state index is 6.37. The van der Waals surface area contributed by atoms with Crippen LogP contribution in [0, 0.1) is 0 Å². The predicted molar refractivity (Wildman–Crippen MR) is 105 cm³/mol. The first-order valence-corrected chi connectivity index (χ1v) is 8.68. The molecule has 0 unspecified atom stereocenters.